The van der Waals surface area contributed by atoms with Gasteiger partial charge in [0.05, 0.1) is 0 Å². The van der Waals surface area contributed by atoms with Crippen molar-refractivity contribution in [1.29, 1.82) is 0 Å². The fourth-order valence-corrected chi connectivity index (χ4v) is 0.694. The molecule has 0 heterocycles. The molecule has 1 atom stereocenters. The van der Waals surface area contributed by atoms with E-state index in [9.17, 15) is 0 Å². The van der Waals surface area contributed by atoms with Gasteiger partial charge in [-0.05, 0) is 19.4 Å². The SMILES string of the molecule is C=C(N)[C@@H](N)CCCCN. The van der Waals surface area contributed by atoms with Gasteiger partial charge >= 0.3 is 0 Å². The summed E-state index contributed by atoms with van der Waals surface area (Å²) in [6.45, 7) is 4.28. The van der Waals surface area contributed by atoms with Gasteiger partial charge in [0, 0.05) is 11.7 Å². The molecule has 0 aliphatic carbocycles. The molecule has 0 saturated heterocycles. The van der Waals surface area contributed by atoms with Crippen LogP contribution in [-0.4, -0.2) is 12.6 Å². The lowest BCUT2D eigenvalue weighted by atomic mass is 10.1. The van der Waals surface area contributed by atoms with Crippen molar-refractivity contribution >= 4 is 0 Å². The van der Waals surface area contributed by atoms with Crippen molar-refractivity contribution in [3.63, 3.8) is 0 Å². The van der Waals surface area contributed by atoms with Crippen LogP contribution in [0.2, 0.25) is 0 Å². The van der Waals surface area contributed by atoms with Crippen molar-refractivity contribution in [3.8, 4) is 0 Å². The second-order valence-electron chi connectivity index (χ2n) is 2.47. The zero-order valence-electron chi connectivity index (χ0n) is 6.34. The molecular weight excluding hydrogens is 126 g/mol. The molecule has 0 unspecified atom stereocenters. The monoisotopic (exact) mass is 143 g/mol. The smallest absolute Gasteiger partial charge is 0.0436 e. The normalized spacial score (nSPS) is 13.0. The lowest BCUT2D eigenvalue weighted by Crippen LogP contribution is -2.26. The zero-order chi connectivity index (χ0) is 7.98. The molecule has 0 aromatic rings. The summed E-state index contributed by atoms with van der Waals surface area (Å²) in [4.78, 5) is 0. The van der Waals surface area contributed by atoms with E-state index < -0.39 is 0 Å². The van der Waals surface area contributed by atoms with Gasteiger partial charge in [0.2, 0.25) is 0 Å². The zero-order valence-corrected chi connectivity index (χ0v) is 6.34. The van der Waals surface area contributed by atoms with Crippen molar-refractivity contribution in [1.82, 2.24) is 0 Å². The van der Waals surface area contributed by atoms with E-state index in [1.807, 2.05) is 0 Å². The quantitative estimate of drug-likeness (QED) is 0.471. The van der Waals surface area contributed by atoms with Crippen molar-refractivity contribution in [2.24, 2.45) is 17.2 Å². The molecule has 0 aromatic carbocycles. The third-order valence-corrected chi connectivity index (χ3v) is 1.45. The second kappa shape index (κ2) is 5.26. The molecule has 0 spiro atoms. The first kappa shape index (κ1) is 9.46. The van der Waals surface area contributed by atoms with Crippen LogP contribution in [0.4, 0.5) is 0 Å². The summed E-state index contributed by atoms with van der Waals surface area (Å²) in [5.41, 5.74) is 16.8. The molecule has 0 amide bonds. The second-order valence-corrected chi connectivity index (χ2v) is 2.47. The fourth-order valence-electron chi connectivity index (χ4n) is 0.694. The summed E-state index contributed by atoms with van der Waals surface area (Å²) in [5.74, 6) is 0. The minimum atomic E-state index is -0.0495. The van der Waals surface area contributed by atoms with Crippen LogP contribution in [-0.2, 0) is 0 Å². The molecule has 0 fully saturated rings. The number of unbranched alkanes of at least 4 members (excludes halogenated alkanes) is 1. The standard InChI is InChI=1S/C7H17N3/c1-6(9)7(10)4-2-3-5-8/h7H,1-5,8-10H2/t7-/m0/s1. The van der Waals surface area contributed by atoms with Crippen molar-refractivity contribution in [3.05, 3.63) is 12.3 Å². The van der Waals surface area contributed by atoms with Crippen molar-refractivity contribution in [2.75, 3.05) is 6.54 Å². The van der Waals surface area contributed by atoms with Gasteiger partial charge in [0.15, 0.2) is 0 Å². The molecule has 60 valence electrons. The Bertz CT molecular complexity index is 101. The Kier molecular flexibility index (Phi) is 4.98. The van der Waals surface area contributed by atoms with Gasteiger partial charge < -0.3 is 17.2 Å². The minimum absolute atomic E-state index is 0.0495. The average molecular weight is 143 g/mol. The maximum Gasteiger partial charge on any atom is 0.0436 e. The summed E-state index contributed by atoms with van der Waals surface area (Å²) in [6.07, 6.45) is 2.95. The van der Waals surface area contributed by atoms with Crippen LogP contribution in [0.15, 0.2) is 12.3 Å². The molecule has 0 aliphatic rings. The van der Waals surface area contributed by atoms with Gasteiger partial charge in [-0.3, -0.25) is 0 Å². The van der Waals surface area contributed by atoms with Gasteiger partial charge in [-0.15, -0.1) is 0 Å². The maximum atomic E-state index is 5.59. The summed E-state index contributed by atoms with van der Waals surface area (Å²) < 4.78 is 0. The lowest BCUT2D eigenvalue weighted by Gasteiger charge is -2.09. The molecule has 0 saturated carbocycles. The molecule has 6 N–H and O–H groups in total. The highest BCUT2D eigenvalue weighted by Crippen LogP contribution is 2.00. The molecular formula is C7H17N3. The van der Waals surface area contributed by atoms with Crippen LogP contribution in [0.25, 0.3) is 0 Å². The Morgan fingerprint density at radius 3 is 2.40 bits per heavy atom. The van der Waals surface area contributed by atoms with E-state index in [0.29, 0.717) is 5.70 Å². The Hall–Kier alpha value is -0.540. The van der Waals surface area contributed by atoms with Crippen LogP contribution in [0, 0.1) is 0 Å². The molecule has 0 bridgehead atoms. The third-order valence-electron chi connectivity index (χ3n) is 1.45. The molecule has 0 aliphatic heterocycles. The summed E-state index contributed by atoms with van der Waals surface area (Å²) in [5, 5.41) is 0. The largest absolute Gasteiger partial charge is 0.401 e. The number of nitrogens with two attached hydrogens (primary N) is 3. The van der Waals surface area contributed by atoms with Crippen LogP contribution >= 0.6 is 0 Å². The molecule has 0 aromatic heterocycles. The van der Waals surface area contributed by atoms with Crippen molar-refractivity contribution in [2.45, 2.75) is 25.3 Å². The molecule has 0 radical (unpaired) electrons. The van der Waals surface area contributed by atoms with E-state index in [1.165, 1.54) is 0 Å². The van der Waals surface area contributed by atoms with Gasteiger partial charge in [-0.2, -0.15) is 0 Å². The molecule has 3 heteroatoms. The molecule has 3 nitrogen and oxygen atoms in total. The predicted octanol–water partition coefficient (Wildman–Crippen LogP) is -0.0849. The molecule has 0 rings (SSSR count). The number of hydrogen-bond acceptors (Lipinski definition) is 3. The van der Waals surface area contributed by atoms with E-state index in [4.69, 9.17) is 17.2 Å². The molecule has 10 heavy (non-hydrogen) atoms. The van der Waals surface area contributed by atoms with E-state index in [1.54, 1.807) is 0 Å². The van der Waals surface area contributed by atoms with E-state index in [-0.39, 0.29) is 6.04 Å². The Morgan fingerprint density at radius 2 is 2.00 bits per heavy atom. The van der Waals surface area contributed by atoms with E-state index in [0.717, 1.165) is 25.8 Å². The van der Waals surface area contributed by atoms with Crippen molar-refractivity contribution < 1.29 is 0 Å². The van der Waals surface area contributed by atoms with E-state index >= 15 is 0 Å². The first-order valence-electron chi connectivity index (χ1n) is 3.58. The van der Waals surface area contributed by atoms with Gasteiger partial charge in [0.1, 0.15) is 0 Å². The van der Waals surface area contributed by atoms with Gasteiger partial charge in [-0.1, -0.05) is 13.0 Å². The Balaban J connectivity index is 3.21. The summed E-state index contributed by atoms with van der Waals surface area (Å²) in [7, 11) is 0. The minimum Gasteiger partial charge on any atom is -0.401 e. The van der Waals surface area contributed by atoms with Crippen LogP contribution in [0.5, 0.6) is 0 Å². The maximum absolute atomic E-state index is 5.59. The Morgan fingerprint density at radius 1 is 1.40 bits per heavy atom. The van der Waals surface area contributed by atoms with Crippen LogP contribution in [0.1, 0.15) is 19.3 Å². The summed E-state index contributed by atoms with van der Waals surface area (Å²) in [6, 6.07) is -0.0495. The highest BCUT2D eigenvalue weighted by atomic mass is 14.7. The first-order valence-corrected chi connectivity index (χ1v) is 3.58. The van der Waals surface area contributed by atoms with Crippen LogP contribution < -0.4 is 17.2 Å². The number of hydrogen-bond donors (Lipinski definition) is 3. The predicted molar refractivity (Wildman–Crippen MR) is 44.2 cm³/mol. The van der Waals surface area contributed by atoms with Crippen LogP contribution in [0.3, 0.4) is 0 Å². The highest BCUT2D eigenvalue weighted by Gasteiger charge is 2.01. The van der Waals surface area contributed by atoms with E-state index in [2.05, 4.69) is 6.58 Å². The summed E-state index contributed by atoms with van der Waals surface area (Å²) >= 11 is 0. The first-order chi connectivity index (χ1) is 4.68. The topological polar surface area (TPSA) is 78.1 Å². The number of rotatable bonds is 5. The Labute approximate surface area is 62.3 Å². The van der Waals surface area contributed by atoms with Gasteiger partial charge in [0.25, 0.3) is 0 Å². The fraction of sp³-hybridized carbons (Fsp3) is 0.714. The average Bonchev–Trinajstić information content (AvgIpc) is 1.88. The highest BCUT2D eigenvalue weighted by molar-refractivity contribution is 4.97. The third kappa shape index (κ3) is 4.35. The van der Waals surface area contributed by atoms with Gasteiger partial charge in [-0.25, -0.2) is 0 Å². The lowest BCUT2D eigenvalue weighted by molar-refractivity contribution is 0.615.